The predicted molar refractivity (Wildman–Crippen MR) is 116 cm³/mol. The number of aryl methyl sites for hydroxylation is 2. The Kier molecular flexibility index (Phi) is 3.85. The summed E-state index contributed by atoms with van der Waals surface area (Å²) in [5.74, 6) is 2.36. The minimum Gasteiger partial charge on any atom is -0.485 e. The summed E-state index contributed by atoms with van der Waals surface area (Å²) < 4.78 is 10.0. The lowest BCUT2D eigenvalue weighted by Crippen LogP contribution is -2.17. The normalized spacial score (nSPS) is 18.0. The van der Waals surface area contributed by atoms with Gasteiger partial charge in [-0.3, -0.25) is 9.36 Å². The summed E-state index contributed by atoms with van der Waals surface area (Å²) in [5, 5.41) is 0. The molecule has 0 N–H and O–H groups in total. The van der Waals surface area contributed by atoms with E-state index < -0.39 is 0 Å². The largest absolute Gasteiger partial charge is 0.485 e. The smallest absolute Gasteiger partial charge is 0.258 e. The Balaban J connectivity index is 1.31. The molecule has 150 valence electrons. The quantitative estimate of drug-likeness (QED) is 0.503. The van der Waals surface area contributed by atoms with E-state index in [0.29, 0.717) is 11.7 Å². The van der Waals surface area contributed by atoms with Crippen molar-refractivity contribution in [3.05, 3.63) is 88.1 Å². The maximum absolute atomic E-state index is 12.9. The minimum atomic E-state index is -0.0947. The minimum absolute atomic E-state index is 0.0167. The molecule has 1 unspecified atom stereocenters. The first-order valence-electron chi connectivity index (χ1n) is 10.6. The first kappa shape index (κ1) is 17.5. The molecule has 1 fully saturated rings. The molecule has 0 amide bonds. The lowest BCUT2D eigenvalue weighted by Gasteiger charge is -2.15. The molecule has 6 rings (SSSR count). The Labute approximate surface area is 174 Å². The van der Waals surface area contributed by atoms with Gasteiger partial charge in [0.15, 0.2) is 0 Å². The molecule has 1 atom stereocenters. The van der Waals surface area contributed by atoms with Crippen LogP contribution in [-0.4, -0.2) is 14.1 Å². The van der Waals surface area contributed by atoms with Crippen LogP contribution in [0.3, 0.4) is 0 Å². The molecule has 2 aliphatic rings. The van der Waals surface area contributed by atoms with E-state index in [9.17, 15) is 4.79 Å². The molecule has 30 heavy (non-hydrogen) atoms. The van der Waals surface area contributed by atoms with Crippen LogP contribution in [-0.2, 0) is 13.5 Å². The van der Waals surface area contributed by atoms with E-state index in [4.69, 9.17) is 9.72 Å². The molecule has 0 bridgehead atoms. The highest BCUT2D eigenvalue weighted by Crippen LogP contribution is 2.40. The van der Waals surface area contributed by atoms with Gasteiger partial charge in [-0.05, 0) is 61.1 Å². The number of benzene rings is 2. The van der Waals surface area contributed by atoms with E-state index in [-0.39, 0.29) is 11.7 Å². The Bertz CT molecular complexity index is 1330. The van der Waals surface area contributed by atoms with Crippen LogP contribution < -0.4 is 10.3 Å². The topological polar surface area (TPSA) is 49.0 Å². The average Bonchev–Trinajstić information content (AvgIpc) is 3.45. The zero-order valence-corrected chi connectivity index (χ0v) is 16.9. The van der Waals surface area contributed by atoms with Crippen LogP contribution in [0.5, 0.6) is 5.75 Å². The number of aromatic nitrogens is 3. The zero-order valence-electron chi connectivity index (χ0n) is 16.9. The number of ether oxygens (including phenoxy) is 1. The van der Waals surface area contributed by atoms with E-state index in [1.165, 1.54) is 24.0 Å². The van der Waals surface area contributed by atoms with E-state index >= 15 is 0 Å². The molecule has 2 aliphatic carbocycles. The third-order valence-corrected chi connectivity index (χ3v) is 6.37. The number of hydrogen-bond acceptors (Lipinski definition) is 3. The molecule has 2 aromatic carbocycles. The molecule has 0 saturated heterocycles. The number of hydrogen-bond donors (Lipinski definition) is 0. The summed E-state index contributed by atoms with van der Waals surface area (Å²) in [7, 11) is 2.06. The molecule has 0 radical (unpaired) electrons. The molecular weight excluding hydrogens is 374 g/mol. The van der Waals surface area contributed by atoms with E-state index in [0.717, 1.165) is 35.4 Å². The molecule has 2 aromatic heterocycles. The van der Waals surface area contributed by atoms with Gasteiger partial charge >= 0.3 is 0 Å². The van der Waals surface area contributed by atoms with Crippen LogP contribution >= 0.6 is 0 Å². The van der Waals surface area contributed by atoms with Gasteiger partial charge in [0, 0.05) is 25.2 Å². The van der Waals surface area contributed by atoms with Crippen molar-refractivity contribution >= 4 is 11.0 Å². The van der Waals surface area contributed by atoms with Crippen molar-refractivity contribution in [2.24, 2.45) is 7.05 Å². The second kappa shape index (κ2) is 6.59. The SMILES string of the molecule is Cn1c(C2CC2)nc2ccc(-n3ccc(OC4CCc5ccccc54)cc3=O)cc21. The molecule has 0 aliphatic heterocycles. The highest BCUT2D eigenvalue weighted by atomic mass is 16.5. The summed E-state index contributed by atoms with van der Waals surface area (Å²) >= 11 is 0. The number of nitrogens with zero attached hydrogens (tertiary/aromatic N) is 3. The third kappa shape index (κ3) is 2.84. The fourth-order valence-electron chi connectivity index (χ4n) is 4.61. The van der Waals surface area contributed by atoms with Gasteiger partial charge in [0.2, 0.25) is 0 Å². The first-order chi connectivity index (χ1) is 14.7. The lowest BCUT2D eigenvalue weighted by atomic mass is 10.1. The summed E-state index contributed by atoms with van der Waals surface area (Å²) in [6, 6.07) is 17.9. The van der Waals surface area contributed by atoms with Crippen molar-refractivity contribution in [2.45, 2.75) is 37.7 Å². The van der Waals surface area contributed by atoms with Gasteiger partial charge in [-0.15, -0.1) is 0 Å². The van der Waals surface area contributed by atoms with Crippen molar-refractivity contribution in [1.82, 2.24) is 14.1 Å². The van der Waals surface area contributed by atoms with E-state index in [1.54, 1.807) is 16.8 Å². The first-order valence-corrected chi connectivity index (χ1v) is 10.6. The van der Waals surface area contributed by atoms with Crippen molar-refractivity contribution < 1.29 is 4.74 Å². The van der Waals surface area contributed by atoms with Crippen LogP contribution in [0.15, 0.2) is 65.6 Å². The monoisotopic (exact) mass is 397 g/mol. The molecular formula is C25H23N3O2. The molecule has 2 heterocycles. The highest BCUT2D eigenvalue weighted by molar-refractivity contribution is 5.78. The van der Waals surface area contributed by atoms with Gasteiger partial charge in [0.25, 0.3) is 5.56 Å². The molecule has 5 heteroatoms. The zero-order chi connectivity index (χ0) is 20.2. The molecule has 0 spiro atoms. The molecule has 4 aromatic rings. The Morgan fingerprint density at radius 3 is 2.73 bits per heavy atom. The van der Waals surface area contributed by atoms with E-state index in [1.807, 2.05) is 30.3 Å². The van der Waals surface area contributed by atoms with Crippen LogP contribution in [0.1, 0.15) is 48.2 Å². The van der Waals surface area contributed by atoms with Crippen molar-refractivity contribution in [2.75, 3.05) is 0 Å². The van der Waals surface area contributed by atoms with Gasteiger partial charge in [-0.25, -0.2) is 4.98 Å². The second-order valence-electron chi connectivity index (χ2n) is 8.39. The number of imidazole rings is 1. The summed E-state index contributed by atoms with van der Waals surface area (Å²) in [6.45, 7) is 0. The Hall–Kier alpha value is -3.34. The predicted octanol–water partition coefficient (Wildman–Crippen LogP) is 4.67. The van der Waals surface area contributed by atoms with Gasteiger partial charge in [-0.2, -0.15) is 0 Å². The number of pyridine rings is 1. The highest BCUT2D eigenvalue weighted by Gasteiger charge is 2.28. The van der Waals surface area contributed by atoms with Crippen molar-refractivity contribution in [3.63, 3.8) is 0 Å². The van der Waals surface area contributed by atoms with Crippen LogP contribution in [0.25, 0.3) is 16.7 Å². The second-order valence-corrected chi connectivity index (χ2v) is 8.39. The Morgan fingerprint density at radius 2 is 1.90 bits per heavy atom. The van der Waals surface area contributed by atoms with Gasteiger partial charge in [0.1, 0.15) is 17.7 Å². The third-order valence-electron chi connectivity index (χ3n) is 6.37. The van der Waals surface area contributed by atoms with Gasteiger partial charge < -0.3 is 9.30 Å². The van der Waals surface area contributed by atoms with Crippen molar-refractivity contribution in [1.29, 1.82) is 0 Å². The maximum atomic E-state index is 12.9. The van der Waals surface area contributed by atoms with Crippen LogP contribution in [0.4, 0.5) is 0 Å². The standard InChI is InChI=1S/C25H23N3O2/c1-27-22-14-18(9-10-21(22)26-25(27)17-6-7-17)28-13-12-19(15-24(28)29)30-23-11-8-16-4-2-3-5-20(16)23/h2-5,9-10,12-15,17,23H,6-8,11H2,1H3. The van der Waals surface area contributed by atoms with Crippen LogP contribution in [0.2, 0.25) is 0 Å². The van der Waals surface area contributed by atoms with Gasteiger partial charge in [-0.1, -0.05) is 24.3 Å². The van der Waals surface area contributed by atoms with Crippen molar-refractivity contribution in [3.8, 4) is 11.4 Å². The number of fused-ring (bicyclic) bond motifs is 2. The molecule has 1 saturated carbocycles. The molecule has 5 nitrogen and oxygen atoms in total. The maximum Gasteiger partial charge on any atom is 0.258 e. The van der Waals surface area contributed by atoms with E-state index in [2.05, 4.69) is 29.8 Å². The Morgan fingerprint density at radius 1 is 1.03 bits per heavy atom. The summed E-state index contributed by atoms with van der Waals surface area (Å²) in [5.41, 5.74) is 5.36. The number of rotatable bonds is 4. The van der Waals surface area contributed by atoms with Crippen LogP contribution in [0, 0.1) is 0 Å². The summed E-state index contributed by atoms with van der Waals surface area (Å²) in [4.78, 5) is 17.6. The summed E-state index contributed by atoms with van der Waals surface area (Å²) in [6.07, 6.45) is 6.22. The lowest BCUT2D eigenvalue weighted by molar-refractivity contribution is 0.207. The fraction of sp³-hybridized carbons (Fsp3) is 0.280. The van der Waals surface area contributed by atoms with Gasteiger partial charge in [0.05, 0.1) is 16.7 Å². The fourth-order valence-corrected chi connectivity index (χ4v) is 4.61. The average molecular weight is 397 g/mol.